The van der Waals surface area contributed by atoms with Crippen LogP contribution in [0.15, 0.2) is 71.6 Å². The fourth-order valence-electron chi connectivity index (χ4n) is 3.10. The van der Waals surface area contributed by atoms with Crippen molar-refractivity contribution < 1.29 is 14.3 Å². The summed E-state index contributed by atoms with van der Waals surface area (Å²) in [6.45, 7) is 0.315. The zero-order valence-corrected chi connectivity index (χ0v) is 20.0. The normalized spacial score (nSPS) is 14.8. The number of nitrogens with zero attached hydrogens (tertiary/aromatic N) is 1. The largest absolute Gasteiger partial charge is 0.493 e. The number of thiocarbonyl (C=S) groups is 1. The highest BCUT2D eigenvalue weighted by molar-refractivity contribution is 8.27. The van der Waals surface area contributed by atoms with Crippen molar-refractivity contribution in [3.8, 4) is 11.5 Å². The van der Waals surface area contributed by atoms with Gasteiger partial charge in [0.2, 0.25) is 0 Å². The average Bonchev–Trinajstić information content (AvgIpc) is 3.07. The van der Waals surface area contributed by atoms with Gasteiger partial charge >= 0.3 is 0 Å². The quantitative estimate of drug-likeness (QED) is 0.269. The topological polar surface area (TPSA) is 38.8 Å². The Bertz CT molecular complexity index is 1210. The molecule has 162 valence electrons. The second kappa shape index (κ2) is 9.96. The number of thioether (sulfide) groups is 1. The van der Waals surface area contributed by atoms with Gasteiger partial charge in [0.25, 0.3) is 5.91 Å². The maximum absolute atomic E-state index is 13.0. The summed E-state index contributed by atoms with van der Waals surface area (Å²) in [5, 5.41) is 1.24. The first-order valence-electron chi connectivity index (χ1n) is 9.54. The van der Waals surface area contributed by atoms with Gasteiger partial charge in [0.15, 0.2) is 15.8 Å². The number of carbonyl (C=O) groups is 1. The Morgan fingerprint density at radius 2 is 1.78 bits per heavy atom. The van der Waals surface area contributed by atoms with E-state index in [-0.39, 0.29) is 5.91 Å². The molecule has 1 aliphatic rings. The summed E-state index contributed by atoms with van der Waals surface area (Å²) in [6, 6.07) is 20.0. The van der Waals surface area contributed by atoms with Crippen LogP contribution in [0.5, 0.6) is 11.5 Å². The van der Waals surface area contributed by atoms with Crippen molar-refractivity contribution in [1.82, 2.24) is 0 Å². The summed E-state index contributed by atoms with van der Waals surface area (Å²) in [5.41, 5.74) is 2.36. The molecule has 0 N–H and O–H groups in total. The van der Waals surface area contributed by atoms with Crippen LogP contribution in [0.4, 0.5) is 5.69 Å². The van der Waals surface area contributed by atoms with Crippen LogP contribution in [-0.4, -0.2) is 17.3 Å². The summed E-state index contributed by atoms with van der Waals surface area (Å²) < 4.78 is 11.9. The number of hydrogen-bond donors (Lipinski definition) is 0. The Morgan fingerprint density at radius 3 is 2.50 bits per heavy atom. The van der Waals surface area contributed by atoms with E-state index in [0.717, 1.165) is 11.1 Å². The minimum absolute atomic E-state index is 0.180. The molecule has 0 bridgehead atoms. The van der Waals surface area contributed by atoms with Crippen LogP contribution < -0.4 is 14.4 Å². The highest BCUT2D eigenvalue weighted by Crippen LogP contribution is 2.37. The Balaban J connectivity index is 1.53. The van der Waals surface area contributed by atoms with Gasteiger partial charge in [-0.3, -0.25) is 9.69 Å². The summed E-state index contributed by atoms with van der Waals surface area (Å²) in [6.07, 6.45) is 1.79. The van der Waals surface area contributed by atoms with Gasteiger partial charge in [-0.1, -0.05) is 71.4 Å². The zero-order valence-electron chi connectivity index (χ0n) is 16.9. The highest BCUT2D eigenvalue weighted by Gasteiger charge is 2.33. The lowest BCUT2D eigenvalue weighted by molar-refractivity contribution is -0.113. The van der Waals surface area contributed by atoms with E-state index < -0.39 is 0 Å². The van der Waals surface area contributed by atoms with Crippen LogP contribution in [0, 0.1) is 0 Å². The second-order valence-corrected chi connectivity index (χ2v) is 9.30. The van der Waals surface area contributed by atoms with Crippen molar-refractivity contribution in [2.75, 3.05) is 12.0 Å². The number of halogens is 2. The maximum Gasteiger partial charge on any atom is 0.270 e. The van der Waals surface area contributed by atoms with Crippen molar-refractivity contribution >= 4 is 69.2 Å². The fourth-order valence-corrected chi connectivity index (χ4v) is 4.71. The Kier molecular flexibility index (Phi) is 7.06. The van der Waals surface area contributed by atoms with Crippen LogP contribution in [0.3, 0.4) is 0 Å². The first kappa shape index (κ1) is 22.7. The van der Waals surface area contributed by atoms with E-state index in [0.29, 0.717) is 43.1 Å². The molecule has 3 aromatic carbocycles. The van der Waals surface area contributed by atoms with Gasteiger partial charge < -0.3 is 9.47 Å². The van der Waals surface area contributed by atoms with Crippen molar-refractivity contribution in [3.05, 3.63) is 92.8 Å². The van der Waals surface area contributed by atoms with Crippen LogP contribution >= 0.6 is 47.2 Å². The molecule has 1 heterocycles. The molecule has 8 heteroatoms. The van der Waals surface area contributed by atoms with E-state index >= 15 is 0 Å². The van der Waals surface area contributed by atoms with Crippen molar-refractivity contribution in [1.29, 1.82) is 0 Å². The molecule has 1 amide bonds. The van der Waals surface area contributed by atoms with E-state index in [2.05, 4.69) is 0 Å². The standard InChI is InChI=1S/C24H17Cl2NO3S2/c1-29-21-12-15(6-11-20(21)30-14-16-4-2-3-5-19(16)26)13-22-23(28)27(24(31)32-22)18-9-7-17(25)8-10-18/h2-13H,14H2,1H3/b22-13-. The third kappa shape index (κ3) is 4.94. The van der Waals surface area contributed by atoms with Gasteiger partial charge in [-0.05, 0) is 54.1 Å². The first-order valence-corrected chi connectivity index (χ1v) is 11.5. The monoisotopic (exact) mass is 501 g/mol. The molecule has 0 aliphatic carbocycles. The van der Waals surface area contributed by atoms with Gasteiger partial charge in [0, 0.05) is 15.6 Å². The molecule has 32 heavy (non-hydrogen) atoms. The van der Waals surface area contributed by atoms with Crippen molar-refractivity contribution in [2.24, 2.45) is 0 Å². The van der Waals surface area contributed by atoms with Crippen molar-refractivity contribution in [3.63, 3.8) is 0 Å². The zero-order chi connectivity index (χ0) is 22.7. The molecule has 1 fully saturated rings. The van der Waals surface area contributed by atoms with Crippen LogP contribution in [0.25, 0.3) is 6.08 Å². The molecule has 0 saturated carbocycles. The molecule has 1 saturated heterocycles. The number of amides is 1. The molecule has 1 aliphatic heterocycles. The van der Waals surface area contributed by atoms with Gasteiger partial charge in [-0.25, -0.2) is 0 Å². The maximum atomic E-state index is 13.0. The third-order valence-electron chi connectivity index (χ3n) is 4.70. The van der Waals surface area contributed by atoms with Gasteiger partial charge in [0.05, 0.1) is 17.7 Å². The molecule has 0 spiro atoms. The van der Waals surface area contributed by atoms with E-state index in [1.165, 1.54) is 16.7 Å². The number of carbonyl (C=O) groups excluding carboxylic acids is 1. The second-order valence-electron chi connectivity index (χ2n) is 6.78. The average molecular weight is 502 g/mol. The molecule has 4 rings (SSSR count). The van der Waals surface area contributed by atoms with Crippen LogP contribution in [0.1, 0.15) is 11.1 Å². The lowest BCUT2D eigenvalue weighted by Gasteiger charge is -2.14. The third-order valence-corrected chi connectivity index (χ3v) is 6.63. The lowest BCUT2D eigenvalue weighted by atomic mass is 10.1. The molecule has 3 aromatic rings. The number of anilines is 1. The Hall–Kier alpha value is -2.51. The summed E-state index contributed by atoms with van der Waals surface area (Å²) in [4.78, 5) is 15.0. The summed E-state index contributed by atoms with van der Waals surface area (Å²) in [7, 11) is 1.57. The summed E-state index contributed by atoms with van der Waals surface area (Å²) >= 11 is 18.8. The molecule has 0 radical (unpaired) electrons. The number of benzene rings is 3. The molecule has 0 aromatic heterocycles. The SMILES string of the molecule is COc1cc(/C=C2\SC(=S)N(c3ccc(Cl)cc3)C2=O)ccc1OCc1ccccc1Cl. The minimum Gasteiger partial charge on any atom is -0.493 e. The molecular weight excluding hydrogens is 485 g/mol. The predicted molar refractivity (Wildman–Crippen MR) is 136 cm³/mol. The van der Waals surface area contributed by atoms with Gasteiger partial charge in [0.1, 0.15) is 6.61 Å². The van der Waals surface area contributed by atoms with Gasteiger partial charge in [-0.2, -0.15) is 0 Å². The minimum atomic E-state index is -0.180. The van der Waals surface area contributed by atoms with E-state index in [4.69, 9.17) is 44.9 Å². The predicted octanol–water partition coefficient (Wildman–Crippen LogP) is 6.99. The molecule has 0 atom stereocenters. The smallest absolute Gasteiger partial charge is 0.270 e. The van der Waals surface area contributed by atoms with Gasteiger partial charge in [-0.15, -0.1) is 0 Å². The fraction of sp³-hybridized carbons (Fsp3) is 0.0833. The first-order chi connectivity index (χ1) is 15.5. The van der Waals surface area contributed by atoms with E-state index in [1.54, 1.807) is 43.5 Å². The lowest BCUT2D eigenvalue weighted by Crippen LogP contribution is -2.27. The number of rotatable bonds is 6. The van der Waals surface area contributed by atoms with E-state index in [1.807, 2.05) is 36.4 Å². The summed E-state index contributed by atoms with van der Waals surface area (Å²) in [5.74, 6) is 0.956. The molecule has 0 unspecified atom stereocenters. The Labute approximate surface area is 205 Å². The van der Waals surface area contributed by atoms with Crippen LogP contribution in [0.2, 0.25) is 10.0 Å². The van der Waals surface area contributed by atoms with Crippen LogP contribution in [-0.2, 0) is 11.4 Å². The molecular formula is C24H17Cl2NO3S2. The number of ether oxygens (including phenoxy) is 2. The Morgan fingerprint density at radius 1 is 1.03 bits per heavy atom. The highest BCUT2D eigenvalue weighted by atomic mass is 35.5. The number of hydrogen-bond acceptors (Lipinski definition) is 5. The van der Waals surface area contributed by atoms with Crippen molar-refractivity contribution in [2.45, 2.75) is 6.61 Å². The molecule has 4 nitrogen and oxygen atoms in total. The number of methoxy groups -OCH3 is 1. The van der Waals surface area contributed by atoms with E-state index in [9.17, 15) is 4.79 Å².